The Bertz CT molecular complexity index is 641. The Morgan fingerprint density at radius 2 is 1.84 bits per heavy atom. The summed E-state index contributed by atoms with van der Waals surface area (Å²) in [6.07, 6.45) is 0.206. The topological polar surface area (TPSA) is 52.9 Å². The minimum atomic E-state index is -0.114. The number of benzene rings is 2. The molecule has 0 aliphatic carbocycles. The van der Waals surface area contributed by atoms with Crippen LogP contribution in [-0.2, 0) is 11.2 Å². The monoisotopic (exact) mass is 250 g/mol. The Labute approximate surface area is 112 Å². The molecule has 19 heavy (non-hydrogen) atoms. The fourth-order valence-electron chi connectivity index (χ4n) is 1.86. The van der Waals surface area contributed by atoms with Gasteiger partial charge in [-0.2, -0.15) is 5.26 Å². The molecule has 1 N–H and O–H groups in total. The molecule has 0 aliphatic rings. The largest absolute Gasteiger partial charge is 0.326 e. The van der Waals surface area contributed by atoms with Gasteiger partial charge < -0.3 is 5.32 Å². The summed E-state index contributed by atoms with van der Waals surface area (Å²) in [5, 5.41) is 11.8. The summed E-state index contributed by atoms with van der Waals surface area (Å²) in [5.74, 6) is -0.114. The maximum atomic E-state index is 12.0. The molecule has 1 amide bonds. The maximum Gasteiger partial charge on any atom is 0.228 e. The van der Waals surface area contributed by atoms with Crippen molar-refractivity contribution in [3.8, 4) is 6.07 Å². The van der Waals surface area contributed by atoms with Gasteiger partial charge >= 0.3 is 0 Å². The average Bonchev–Trinajstić information content (AvgIpc) is 2.42. The van der Waals surface area contributed by atoms with E-state index in [0.29, 0.717) is 5.56 Å². The first-order valence-corrected chi connectivity index (χ1v) is 6.04. The van der Waals surface area contributed by atoms with Gasteiger partial charge in [-0.15, -0.1) is 0 Å². The number of nitrogens with zero attached hydrogens (tertiary/aromatic N) is 1. The quantitative estimate of drug-likeness (QED) is 0.910. The van der Waals surface area contributed by atoms with Crippen LogP contribution in [0.4, 0.5) is 5.69 Å². The maximum absolute atomic E-state index is 12.0. The molecule has 3 nitrogen and oxygen atoms in total. The zero-order valence-electron chi connectivity index (χ0n) is 10.7. The highest BCUT2D eigenvalue weighted by Crippen LogP contribution is 2.14. The molecule has 0 atom stereocenters. The summed E-state index contributed by atoms with van der Waals surface area (Å²) in [4.78, 5) is 12.0. The third kappa shape index (κ3) is 3.20. The summed E-state index contributed by atoms with van der Waals surface area (Å²) in [6.45, 7) is 1.94. The molecule has 2 aromatic rings. The Morgan fingerprint density at radius 3 is 2.58 bits per heavy atom. The molecule has 3 heteroatoms. The van der Waals surface area contributed by atoms with E-state index in [0.717, 1.165) is 16.8 Å². The van der Waals surface area contributed by atoms with E-state index in [1.54, 1.807) is 18.2 Å². The molecule has 0 saturated heterocycles. The molecule has 94 valence electrons. The Kier molecular flexibility index (Phi) is 3.94. The second-order valence-electron chi connectivity index (χ2n) is 4.31. The van der Waals surface area contributed by atoms with Crippen molar-refractivity contribution in [2.75, 3.05) is 5.32 Å². The van der Waals surface area contributed by atoms with E-state index < -0.39 is 0 Å². The van der Waals surface area contributed by atoms with E-state index in [2.05, 4.69) is 11.4 Å². The van der Waals surface area contributed by atoms with Gasteiger partial charge in [0.1, 0.15) is 0 Å². The fourth-order valence-corrected chi connectivity index (χ4v) is 1.86. The van der Waals surface area contributed by atoms with Gasteiger partial charge in [-0.1, -0.05) is 36.4 Å². The first-order valence-electron chi connectivity index (χ1n) is 6.04. The molecule has 2 rings (SSSR count). The van der Waals surface area contributed by atoms with Crippen LogP contribution < -0.4 is 5.32 Å². The number of anilines is 1. The zero-order chi connectivity index (χ0) is 13.7. The van der Waals surface area contributed by atoms with Gasteiger partial charge in [-0.3, -0.25) is 4.79 Å². The third-order valence-electron chi connectivity index (χ3n) is 2.91. The molecular formula is C16H14N2O. The Balaban J connectivity index is 2.11. The number of amides is 1. The SMILES string of the molecule is Cc1ccccc1NC(=O)Cc1ccccc1C#N. The Hall–Kier alpha value is -2.60. The first-order chi connectivity index (χ1) is 9.20. The second kappa shape index (κ2) is 5.83. The second-order valence-corrected chi connectivity index (χ2v) is 4.31. The zero-order valence-corrected chi connectivity index (χ0v) is 10.7. The molecule has 2 aromatic carbocycles. The highest BCUT2D eigenvalue weighted by molar-refractivity contribution is 5.93. The van der Waals surface area contributed by atoms with Crippen molar-refractivity contribution >= 4 is 11.6 Å². The predicted molar refractivity (Wildman–Crippen MR) is 74.7 cm³/mol. The van der Waals surface area contributed by atoms with Gasteiger partial charge in [0.25, 0.3) is 0 Å². The number of aryl methyl sites for hydroxylation is 1. The number of carbonyl (C=O) groups excluding carboxylic acids is 1. The lowest BCUT2D eigenvalue weighted by molar-refractivity contribution is -0.115. The average molecular weight is 250 g/mol. The van der Waals surface area contributed by atoms with Crippen LogP contribution in [0.3, 0.4) is 0 Å². The minimum Gasteiger partial charge on any atom is -0.326 e. The Morgan fingerprint density at radius 1 is 1.16 bits per heavy atom. The molecule has 0 unspecified atom stereocenters. The number of para-hydroxylation sites is 1. The van der Waals surface area contributed by atoms with E-state index in [9.17, 15) is 4.79 Å². The molecule has 0 radical (unpaired) electrons. The molecule has 0 spiro atoms. The molecular weight excluding hydrogens is 236 g/mol. The molecule has 0 fully saturated rings. The van der Waals surface area contributed by atoms with Gasteiger partial charge in [-0.05, 0) is 30.2 Å². The number of nitrogens with one attached hydrogen (secondary N) is 1. The van der Waals surface area contributed by atoms with Crippen molar-refractivity contribution in [3.05, 3.63) is 65.2 Å². The highest BCUT2D eigenvalue weighted by atomic mass is 16.1. The lowest BCUT2D eigenvalue weighted by Crippen LogP contribution is -2.15. The number of hydrogen-bond acceptors (Lipinski definition) is 2. The van der Waals surface area contributed by atoms with Gasteiger partial charge in [0, 0.05) is 5.69 Å². The lowest BCUT2D eigenvalue weighted by atomic mass is 10.1. The highest BCUT2D eigenvalue weighted by Gasteiger charge is 2.08. The summed E-state index contributed by atoms with van der Waals surface area (Å²) >= 11 is 0. The number of hydrogen-bond donors (Lipinski definition) is 1. The van der Waals surface area contributed by atoms with E-state index in [4.69, 9.17) is 5.26 Å². The number of nitriles is 1. The predicted octanol–water partition coefficient (Wildman–Crippen LogP) is 3.05. The van der Waals surface area contributed by atoms with Crippen molar-refractivity contribution in [3.63, 3.8) is 0 Å². The van der Waals surface area contributed by atoms with Crippen molar-refractivity contribution < 1.29 is 4.79 Å². The minimum absolute atomic E-state index is 0.114. The van der Waals surface area contributed by atoms with Crippen LogP contribution in [-0.4, -0.2) is 5.91 Å². The smallest absolute Gasteiger partial charge is 0.228 e. The van der Waals surface area contributed by atoms with Crippen LogP contribution in [0, 0.1) is 18.3 Å². The van der Waals surface area contributed by atoms with E-state index >= 15 is 0 Å². The standard InChI is InChI=1S/C16H14N2O/c1-12-6-2-5-9-15(12)18-16(19)10-13-7-3-4-8-14(13)11-17/h2-9H,10H2,1H3,(H,18,19). The summed E-state index contributed by atoms with van der Waals surface area (Å²) < 4.78 is 0. The van der Waals surface area contributed by atoms with Crippen LogP contribution >= 0.6 is 0 Å². The van der Waals surface area contributed by atoms with Crippen molar-refractivity contribution in [2.45, 2.75) is 13.3 Å². The van der Waals surface area contributed by atoms with Crippen LogP contribution in [0.25, 0.3) is 0 Å². The normalized spacial score (nSPS) is 9.68. The van der Waals surface area contributed by atoms with Gasteiger partial charge in [0.15, 0.2) is 0 Å². The van der Waals surface area contributed by atoms with E-state index in [1.165, 1.54) is 0 Å². The lowest BCUT2D eigenvalue weighted by Gasteiger charge is -2.08. The van der Waals surface area contributed by atoms with Crippen LogP contribution in [0.15, 0.2) is 48.5 Å². The van der Waals surface area contributed by atoms with E-state index in [1.807, 2.05) is 37.3 Å². The molecule has 0 bridgehead atoms. The summed E-state index contributed by atoms with van der Waals surface area (Å²) in [6, 6.07) is 16.9. The van der Waals surface area contributed by atoms with E-state index in [-0.39, 0.29) is 12.3 Å². The van der Waals surface area contributed by atoms with Crippen molar-refractivity contribution in [1.29, 1.82) is 5.26 Å². The number of rotatable bonds is 3. The first kappa shape index (κ1) is 12.8. The molecule has 0 heterocycles. The number of carbonyl (C=O) groups is 1. The van der Waals surface area contributed by atoms with Crippen LogP contribution in [0.1, 0.15) is 16.7 Å². The third-order valence-corrected chi connectivity index (χ3v) is 2.91. The van der Waals surface area contributed by atoms with Gasteiger partial charge in [0.2, 0.25) is 5.91 Å². The van der Waals surface area contributed by atoms with Gasteiger partial charge in [0.05, 0.1) is 18.1 Å². The summed E-state index contributed by atoms with van der Waals surface area (Å²) in [7, 11) is 0. The molecule has 0 aromatic heterocycles. The van der Waals surface area contributed by atoms with Crippen molar-refractivity contribution in [2.24, 2.45) is 0 Å². The molecule has 0 aliphatic heterocycles. The fraction of sp³-hybridized carbons (Fsp3) is 0.125. The van der Waals surface area contributed by atoms with Crippen LogP contribution in [0.5, 0.6) is 0 Å². The van der Waals surface area contributed by atoms with Crippen molar-refractivity contribution in [1.82, 2.24) is 0 Å². The van der Waals surface area contributed by atoms with Gasteiger partial charge in [-0.25, -0.2) is 0 Å². The summed E-state index contributed by atoms with van der Waals surface area (Å²) in [5.41, 5.74) is 3.12. The molecule has 0 saturated carbocycles. The van der Waals surface area contributed by atoms with Crippen LogP contribution in [0.2, 0.25) is 0 Å².